The molecule has 0 spiro atoms. The van der Waals surface area contributed by atoms with Crippen LogP contribution >= 0.6 is 0 Å². The lowest BCUT2D eigenvalue weighted by molar-refractivity contribution is -0.0261. The average molecular weight is 787 g/mol. The molecule has 3 unspecified atom stereocenters. The molecule has 5 heteroatoms. The largest absolute Gasteiger partial charge is 0.376 e. The van der Waals surface area contributed by atoms with E-state index in [0.717, 1.165) is 103 Å². The quantitative estimate of drug-likeness (QED) is 0.0716. The summed E-state index contributed by atoms with van der Waals surface area (Å²) >= 11 is 0. The number of rotatable bonds is 15. The van der Waals surface area contributed by atoms with Crippen LogP contribution in [0.1, 0.15) is 190 Å². The minimum absolute atomic E-state index is 0.0132. The van der Waals surface area contributed by atoms with Gasteiger partial charge in [-0.3, -0.25) is 0 Å². The highest BCUT2D eigenvalue weighted by Gasteiger charge is 2.42. The van der Waals surface area contributed by atoms with E-state index in [0.29, 0.717) is 0 Å². The van der Waals surface area contributed by atoms with E-state index in [1.165, 1.54) is 12.8 Å². The van der Waals surface area contributed by atoms with Gasteiger partial charge < -0.3 is 14.2 Å². The fourth-order valence-electron chi connectivity index (χ4n) is 8.97. The zero-order valence-electron chi connectivity index (χ0n) is 40.1. The predicted octanol–water partition coefficient (Wildman–Crippen LogP) is 15.0. The van der Waals surface area contributed by atoms with Crippen molar-refractivity contribution in [2.24, 2.45) is 17.8 Å². The molecule has 3 nitrogen and oxygen atoms in total. The van der Waals surface area contributed by atoms with Crippen LogP contribution in [0.3, 0.4) is 0 Å². The van der Waals surface area contributed by atoms with E-state index in [4.69, 9.17) is 14.2 Å². The summed E-state index contributed by atoms with van der Waals surface area (Å²) in [4.78, 5) is 0. The minimum Gasteiger partial charge on any atom is -0.376 e. The Kier molecular flexibility index (Phi) is 23.8. The highest BCUT2D eigenvalue weighted by atomic mass is 28.3. The van der Waals surface area contributed by atoms with Gasteiger partial charge in [-0.15, -0.1) is 22.9 Å². The van der Waals surface area contributed by atoms with E-state index in [1.54, 1.807) is 0 Å². The van der Waals surface area contributed by atoms with Gasteiger partial charge in [0.15, 0.2) is 0 Å². The fraction of sp³-hybridized carbons (Fsp3) is 0.878. The maximum absolute atomic E-state index is 5.83. The molecule has 54 heavy (non-hydrogen) atoms. The van der Waals surface area contributed by atoms with Gasteiger partial charge in [0, 0.05) is 26.1 Å². The SMILES string of the molecule is CC(C)(C)OCC1CC2C=CC1C2.CC(C)[Si](C#CCCCCOC(C)(C)C)(C(C)C)C(C)C.CC(C)[Si](C#CCCCOC(C)(C)C)(C(C)C)C(C)C. The van der Waals surface area contributed by atoms with E-state index in [2.05, 4.69) is 180 Å². The molecule has 2 bridgehead atoms. The second kappa shape index (κ2) is 24.2. The first-order valence-corrected chi connectivity index (χ1v) is 26.7. The summed E-state index contributed by atoms with van der Waals surface area (Å²) in [5, 5.41) is 0. The molecule has 1 fully saturated rings. The lowest BCUT2D eigenvalue weighted by atomic mass is 9.94. The Bertz CT molecular complexity index is 1120. The number of ether oxygens (including phenoxy) is 3. The average Bonchev–Trinajstić information content (AvgIpc) is 3.63. The second-order valence-electron chi connectivity index (χ2n) is 21.3. The number of hydrogen-bond acceptors (Lipinski definition) is 3. The molecule has 316 valence electrons. The van der Waals surface area contributed by atoms with E-state index < -0.39 is 16.1 Å². The smallest absolute Gasteiger partial charge is 0.145 e. The highest BCUT2D eigenvalue weighted by Crippen LogP contribution is 2.44. The first kappa shape index (κ1) is 53.2. The van der Waals surface area contributed by atoms with Gasteiger partial charge in [0.05, 0.1) is 23.4 Å². The van der Waals surface area contributed by atoms with Crippen molar-refractivity contribution in [3.8, 4) is 22.9 Å². The van der Waals surface area contributed by atoms with Crippen molar-refractivity contribution in [2.75, 3.05) is 19.8 Å². The number of fused-ring (bicyclic) bond motifs is 2. The first-order valence-electron chi connectivity index (χ1n) is 22.2. The van der Waals surface area contributed by atoms with E-state index in [-0.39, 0.29) is 16.8 Å². The molecule has 2 aliphatic rings. The van der Waals surface area contributed by atoms with Crippen LogP contribution in [0.2, 0.25) is 33.2 Å². The summed E-state index contributed by atoms with van der Waals surface area (Å²) in [6.45, 7) is 50.1. The Morgan fingerprint density at radius 1 is 0.500 bits per heavy atom. The molecule has 0 amide bonds. The molecule has 1 saturated carbocycles. The zero-order chi connectivity index (χ0) is 42.1. The third kappa shape index (κ3) is 19.6. The number of unbranched alkanes of at least 4 members (excludes halogenated alkanes) is 3. The summed E-state index contributed by atoms with van der Waals surface area (Å²) < 4.78 is 17.3. The molecule has 0 radical (unpaired) electrons. The third-order valence-electron chi connectivity index (χ3n) is 11.7. The summed E-state index contributed by atoms with van der Waals surface area (Å²) in [6, 6.07) is 0. The van der Waals surface area contributed by atoms with Gasteiger partial charge in [0.25, 0.3) is 0 Å². The monoisotopic (exact) mass is 787 g/mol. The lowest BCUT2D eigenvalue weighted by Crippen LogP contribution is -2.43. The highest BCUT2D eigenvalue weighted by molar-refractivity contribution is 6.91. The van der Waals surface area contributed by atoms with Crippen LogP contribution in [0.15, 0.2) is 12.2 Å². The third-order valence-corrected chi connectivity index (χ3v) is 24.4. The Hall–Kier alpha value is -0.826. The van der Waals surface area contributed by atoms with Crippen molar-refractivity contribution in [1.29, 1.82) is 0 Å². The van der Waals surface area contributed by atoms with Crippen LogP contribution in [-0.4, -0.2) is 52.8 Å². The maximum atomic E-state index is 5.83. The minimum atomic E-state index is -1.53. The summed E-state index contributed by atoms with van der Waals surface area (Å²) in [6.07, 6.45) is 12.8. The predicted molar refractivity (Wildman–Crippen MR) is 247 cm³/mol. The van der Waals surface area contributed by atoms with Crippen molar-refractivity contribution in [3.05, 3.63) is 12.2 Å². The van der Waals surface area contributed by atoms with Gasteiger partial charge >= 0.3 is 0 Å². The standard InChI is InChI=1S/C19H38OSi.C18H36OSi.C12H20O/c1-16(2)21(17(3)4,18(5)6)15-13-11-10-12-14-20-19(7,8)9;1-15(2)20(16(3)4,17(5)6)14-12-10-11-13-19-18(7,8)9;1-12(2,3)13-8-11-7-9-4-5-10(11)6-9/h16-18H,10-12,14H2,1-9H3;15-17H,10-11,13H2,1-9H3;4-5,9-11H,6-8H2,1-3H3. The molecule has 3 atom stereocenters. The van der Waals surface area contributed by atoms with Gasteiger partial charge in [0.1, 0.15) is 16.1 Å². The Labute approximate surface area is 342 Å². The molecule has 0 aromatic rings. The molecule has 0 saturated heterocycles. The molecular weight excluding hydrogens is 693 g/mol. The lowest BCUT2D eigenvalue weighted by Gasteiger charge is -2.38. The van der Waals surface area contributed by atoms with Gasteiger partial charge in [-0.25, -0.2) is 0 Å². The summed E-state index contributed by atoms with van der Waals surface area (Å²) in [5.41, 5.74) is 11.9. The fourth-order valence-corrected chi connectivity index (χ4v) is 19.6. The van der Waals surface area contributed by atoms with Crippen molar-refractivity contribution in [2.45, 2.75) is 240 Å². The van der Waals surface area contributed by atoms with Crippen molar-refractivity contribution in [3.63, 3.8) is 0 Å². The second-order valence-corrected chi connectivity index (χ2v) is 32.5. The molecule has 0 aliphatic heterocycles. The van der Waals surface area contributed by atoms with Crippen LogP contribution in [0.5, 0.6) is 0 Å². The maximum Gasteiger partial charge on any atom is 0.145 e. The van der Waals surface area contributed by atoms with Gasteiger partial charge in [-0.2, -0.15) is 0 Å². The van der Waals surface area contributed by atoms with Crippen LogP contribution < -0.4 is 0 Å². The Balaban J connectivity index is 0.000000798. The van der Waals surface area contributed by atoms with Crippen LogP contribution in [0.4, 0.5) is 0 Å². The van der Waals surface area contributed by atoms with Gasteiger partial charge in [-0.1, -0.05) is 95.2 Å². The van der Waals surface area contributed by atoms with Crippen LogP contribution in [0, 0.1) is 40.7 Å². The molecular formula is C49H94O3Si2. The number of hydrogen-bond donors (Lipinski definition) is 0. The molecule has 0 aromatic carbocycles. The van der Waals surface area contributed by atoms with Crippen LogP contribution in [-0.2, 0) is 14.2 Å². The first-order chi connectivity index (χ1) is 24.6. The van der Waals surface area contributed by atoms with Crippen molar-refractivity contribution >= 4 is 16.1 Å². The van der Waals surface area contributed by atoms with Gasteiger partial charge in [0.2, 0.25) is 0 Å². The molecule has 0 heterocycles. The summed E-state index contributed by atoms with van der Waals surface area (Å²) in [5.74, 6) is 9.51. The molecule has 2 aliphatic carbocycles. The van der Waals surface area contributed by atoms with E-state index >= 15 is 0 Å². The van der Waals surface area contributed by atoms with E-state index in [9.17, 15) is 0 Å². The number of allylic oxidation sites excluding steroid dienone is 2. The van der Waals surface area contributed by atoms with Crippen LogP contribution in [0.25, 0.3) is 0 Å². The Morgan fingerprint density at radius 2 is 0.870 bits per heavy atom. The molecule has 0 N–H and O–H groups in total. The zero-order valence-corrected chi connectivity index (χ0v) is 42.1. The van der Waals surface area contributed by atoms with E-state index in [1.807, 2.05) is 0 Å². The normalized spacial score (nSPS) is 18.8. The Morgan fingerprint density at radius 3 is 1.19 bits per heavy atom. The molecule has 0 aromatic heterocycles. The summed E-state index contributed by atoms with van der Waals surface area (Å²) in [7, 11) is -3.04. The molecule has 2 rings (SSSR count). The van der Waals surface area contributed by atoms with Gasteiger partial charge in [-0.05, 0) is 145 Å². The van der Waals surface area contributed by atoms with Crippen molar-refractivity contribution in [1.82, 2.24) is 0 Å². The topological polar surface area (TPSA) is 27.7 Å². The van der Waals surface area contributed by atoms with Crippen molar-refractivity contribution < 1.29 is 14.2 Å².